The monoisotopic (exact) mass is 435 g/mol. The van der Waals surface area contributed by atoms with E-state index in [1.807, 2.05) is 48.5 Å². The van der Waals surface area contributed by atoms with E-state index in [1.54, 1.807) is 7.11 Å². The lowest BCUT2D eigenvalue weighted by molar-refractivity contribution is 0.241. The predicted molar refractivity (Wildman–Crippen MR) is 126 cm³/mol. The Balaban J connectivity index is 1.49. The van der Waals surface area contributed by atoms with Crippen molar-refractivity contribution in [3.8, 4) is 17.6 Å². The molecule has 0 amide bonds. The zero-order chi connectivity index (χ0) is 23.0. The van der Waals surface area contributed by atoms with Crippen LogP contribution < -0.4 is 9.47 Å². The van der Waals surface area contributed by atoms with E-state index < -0.39 is 5.41 Å². The van der Waals surface area contributed by atoms with Gasteiger partial charge in [0.1, 0.15) is 22.4 Å². The summed E-state index contributed by atoms with van der Waals surface area (Å²) in [5.74, 6) is 2.25. The average Bonchev–Trinajstić information content (AvgIpc) is 3.24. The van der Waals surface area contributed by atoms with E-state index in [0.29, 0.717) is 18.9 Å². The third-order valence-corrected chi connectivity index (χ3v) is 5.97. The van der Waals surface area contributed by atoms with Crippen LogP contribution >= 0.6 is 0 Å². The van der Waals surface area contributed by atoms with Crippen LogP contribution in [0.25, 0.3) is 11.1 Å². The number of benzene rings is 2. The van der Waals surface area contributed by atoms with Gasteiger partial charge >= 0.3 is 0 Å². The Morgan fingerprint density at radius 2 is 1.84 bits per heavy atom. The first kappa shape index (κ1) is 23.6. The minimum absolute atomic E-state index is 0.0992. The molecule has 1 aromatic heterocycles. The number of nitrogens with zero attached hydrogens (tertiary/aromatic N) is 3. The van der Waals surface area contributed by atoms with Crippen molar-refractivity contribution in [2.24, 2.45) is 5.92 Å². The number of methoxy groups -OCH3 is 1. The zero-order valence-electron chi connectivity index (χ0n) is 19.5. The molecule has 6 heteroatoms. The molecule has 0 fully saturated rings. The number of oxazole rings is 1. The number of rotatable bonds is 12. The second-order valence-corrected chi connectivity index (χ2v) is 8.51. The lowest BCUT2D eigenvalue weighted by atomic mass is 9.74. The van der Waals surface area contributed by atoms with Crippen LogP contribution in [0.5, 0.6) is 11.5 Å². The highest BCUT2D eigenvalue weighted by atomic mass is 16.5. The minimum atomic E-state index is -0.727. The van der Waals surface area contributed by atoms with Crippen LogP contribution in [0.2, 0.25) is 0 Å². The molecule has 0 radical (unpaired) electrons. The molecule has 0 unspecified atom stereocenters. The number of nitriles is 1. The second-order valence-electron chi connectivity index (χ2n) is 8.51. The normalized spacial score (nSPS) is 13.3. The summed E-state index contributed by atoms with van der Waals surface area (Å²) in [4.78, 5) is 6.93. The van der Waals surface area contributed by atoms with E-state index in [9.17, 15) is 5.26 Å². The summed E-state index contributed by atoms with van der Waals surface area (Å²) in [5.41, 5.74) is 0.807. The molecule has 0 aliphatic rings. The molecule has 0 bridgehead atoms. The van der Waals surface area contributed by atoms with E-state index in [1.165, 1.54) is 0 Å². The van der Waals surface area contributed by atoms with Gasteiger partial charge < -0.3 is 18.8 Å². The van der Waals surface area contributed by atoms with Gasteiger partial charge in [-0.05, 0) is 63.0 Å². The topological polar surface area (TPSA) is 71.5 Å². The molecule has 0 aliphatic heterocycles. The van der Waals surface area contributed by atoms with Crippen LogP contribution in [-0.4, -0.2) is 43.7 Å². The van der Waals surface area contributed by atoms with Crippen molar-refractivity contribution in [3.63, 3.8) is 0 Å². The molecule has 1 atom stereocenters. The van der Waals surface area contributed by atoms with Gasteiger partial charge in [0, 0.05) is 12.6 Å². The summed E-state index contributed by atoms with van der Waals surface area (Å²) < 4.78 is 17.1. The Morgan fingerprint density at radius 1 is 1.09 bits per heavy atom. The van der Waals surface area contributed by atoms with Gasteiger partial charge in [-0.3, -0.25) is 0 Å². The number of para-hydroxylation sites is 2. The third kappa shape index (κ3) is 5.60. The lowest BCUT2D eigenvalue weighted by Crippen LogP contribution is -2.33. The predicted octanol–water partition coefficient (Wildman–Crippen LogP) is 5.43. The minimum Gasteiger partial charge on any atom is -0.497 e. The Kier molecular flexibility index (Phi) is 8.13. The van der Waals surface area contributed by atoms with Crippen LogP contribution in [0.4, 0.5) is 0 Å². The first-order valence-corrected chi connectivity index (χ1v) is 11.2. The molecule has 0 spiro atoms. The van der Waals surface area contributed by atoms with Crippen molar-refractivity contribution < 1.29 is 13.9 Å². The Bertz CT molecular complexity index is 1010. The van der Waals surface area contributed by atoms with Gasteiger partial charge in [-0.2, -0.15) is 5.26 Å². The van der Waals surface area contributed by atoms with Gasteiger partial charge in [0.05, 0.1) is 19.8 Å². The van der Waals surface area contributed by atoms with E-state index >= 15 is 0 Å². The van der Waals surface area contributed by atoms with Crippen molar-refractivity contribution >= 4 is 11.1 Å². The Morgan fingerprint density at radius 3 is 2.56 bits per heavy atom. The summed E-state index contributed by atoms with van der Waals surface area (Å²) in [6.07, 6.45) is 2.52. The van der Waals surface area contributed by atoms with Gasteiger partial charge in [-0.15, -0.1) is 0 Å². The van der Waals surface area contributed by atoms with Gasteiger partial charge in [-0.1, -0.05) is 32.0 Å². The largest absolute Gasteiger partial charge is 0.497 e. The first-order valence-electron chi connectivity index (χ1n) is 11.2. The summed E-state index contributed by atoms with van der Waals surface area (Å²) in [6, 6.07) is 17.9. The molecular weight excluding hydrogens is 402 g/mol. The van der Waals surface area contributed by atoms with E-state index in [2.05, 4.69) is 36.8 Å². The fraction of sp³-hybridized carbons (Fsp3) is 0.462. The highest BCUT2D eigenvalue weighted by molar-refractivity contribution is 5.72. The smallest absolute Gasteiger partial charge is 0.216 e. The first-order chi connectivity index (χ1) is 15.5. The maximum atomic E-state index is 10.1. The van der Waals surface area contributed by atoms with Crippen molar-refractivity contribution in [1.29, 1.82) is 5.26 Å². The number of fused-ring (bicyclic) bond motifs is 1. The number of hydrogen-bond acceptors (Lipinski definition) is 6. The highest BCUT2D eigenvalue weighted by Crippen LogP contribution is 2.37. The summed E-state index contributed by atoms with van der Waals surface area (Å²) >= 11 is 0. The standard InChI is InChI=1S/C26H33N3O3/c1-20(2)26(19-27,25-28-23-12-5-6-13-24(23)32-25)14-8-15-29(3)16-9-17-31-22-11-7-10-21(18-22)30-4/h5-7,10-13,18,20H,8-9,14-17H2,1-4H3/t26-/m0/s1. The van der Waals surface area contributed by atoms with E-state index in [4.69, 9.17) is 13.9 Å². The van der Waals surface area contributed by atoms with Gasteiger partial charge in [0.2, 0.25) is 5.89 Å². The molecule has 1 heterocycles. The van der Waals surface area contributed by atoms with E-state index in [0.717, 1.165) is 48.5 Å². The Labute approximate surface area is 190 Å². The van der Waals surface area contributed by atoms with Crippen LogP contribution in [0.15, 0.2) is 52.9 Å². The van der Waals surface area contributed by atoms with Crippen LogP contribution in [0.3, 0.4) is 0 Å². The average molecular weight is 436 g/mol. The molecule has 3 rings (SSSR count). The van der Waals surface area contributed by atoms with Crippen molar-refractivity contribution in [2.75, 3.05) is 33.9 Å². The Hall–Kier alpha value is -3.04. The zero-order valence-corrected chi connectivity index (χ0v) is 19.5. The molecule has 2 aromatic carbocycles. The number of ether oxygens (including phenoxy) is 2. The summed E-state index contributed by atoms with van der Waals surface area (Å²) in [7, 11) is 3.76. The fourth-order valence-electron chi connectivity index (χ4n) is 3.89. The molecular formula is C26H33N3O3. The maximum Gasteiger partial charge on any atom is 0.216 e. The molecule has 3 aromatic rings. The van der Waals surface area contributed by atoms with Crippen molar-refractivity contribution in [1.82, 2.24) is 9.88 Å². The highest BCUT2D eigenvalue weighted by Gasteiger charge is 2.40. The molecule has 0 N–H and O–H groups in total. The number of hydrogen-bond donors (Lipinski definition) is 0. The fourth-order valence-corrected chi connectivity index (χ4v) is 3.89. The second kappa shape index (κ2) is 11.0. The van der Waals surface area contributed by atoms with Crippen molar-refractivity contribution in [3.05, 3.63) is 54.4 Å². The maximum absolute atomic E-state index is 10.1. The SMILES string of the molecule is COc1cccc(OCCCN(C)CCC[C@@](C#N)(c2nc3ccccc3o2)C(C)C)c1. The van der Waals surface area contributed by atoms with Crippen molar-refractivity contribution in [2.45, 2.75) is 38.5 Å². The molecule has 0 saturated heterocycles. The summed E-state index contributed by atoms with van der Waals surface area (Å²) in [6.45, 7) is 6.60. The van der Waals surface area contributed by atoms with Gasteiger partial charge in [0.15, 0.2) is 5.58 Å². The van der Waals surface area contributed by atoms with Crippen LogP contribution in [0, 0.1) is 17.2 Å². The van der Waals surface area contributed by atoms with Gasteiger partial charge in [-0.25, -0.2) is 4.98 Å². The number of aromatic nitrogens is 1. The molecule has 0 aliphatic carbocycles. The van der Waals surface area contributed by atoms with Crippen LogP contribution in [-0.2, 0) is 5.41 Å². The van der Waals surface area contributed by atoms with Crippen LogP contribution in [0.1, 0.15) is 39.0 Å². The van der Waals surface area contributed by atoms with E-state index in [-0.39, 0.29) is 5.92 Å². The van der Waals surface area contributed by atoms with Gasteiger partial charge in [0.25, 0.3) is 0 Å². The molecule has 6 nitrogen and oxygen atoms in total. The molecule has 32 heavy (non-hydrogen) atoms. The molecule has 170 valence electrons. The lowest BCUT2D eigenvalue weighted by Gasteiger charge is -2.28. The molecule has 0 saturated carbocycles. The quantitative estimate of drug-likeness (QED) is 0.353. The summed E-state index contributed by atoms with van der Waals surface area (Å²) in [5, 5.41) is 10.1. The third-order valence-electron chi connectivity index (χ3n) is 5.97.